The van der Waals surface area contributed by atoms with Crippen LogP contribution in [0.5, 0.6) is 0 Å². The third-order valence-electron chi connectivity index (χ3n) is 6.05. The van der Waals surface area contributed by atoms with E-state index in [1.54, 1.807) is 28.0 Å². The number of carbonyl (C=O) groups is 1. The summed E-state index contributed by atoms with van der Waals surface area (Å²) in [5, 5.41) is 17.1. The van der Waals surface area contributed by atoms with Gasteiger partial charge in [0.05, 0.1) is 11.1 Å². The molecule has 158 valence electrons. The number of fused-ring (bicyclic) bond motifs is 2. The van der Waals surface area contributed by atoms with Crippen LogP contribution in [-0.4, -0.2) is 51.6 Å². The Labute approximate surface area is 175 Å². The van der Waals surface area contributed by atoms with Crippen molar-refractivity contribution in [1.82, 2.24) is 19.5 Å². The Morgan fingerprint density at radius 1 is 1.03 bits per heavy atom. The maximum atomic E-state index is 13.4. The van der Waals surface area contributed by atoms with Gasteiger partial charge >= 0.3 is 6.18 Å². The first-order valence-corrected chi connectivity index (χ1v) is 9.80. The predicted molar refractivity (Wildman–Crippen MR) is 104 cm³/mol. The number of nitrogens with zero attached hydrogens (tertiary/aromatic N) is 6. The number of anilines is 1. The minimum absolute atomic E-state index is 0.0825. The van der Waals surface area contributed by atoms with E-state index >= 15 is 0 Å². The van der Waals surface area contributed by atoms with Gasteiger partial charge in [0.15, 0.2) is 5.65 Å². The molecule has 2 atom stereocenters. The molecule has 0 unspecified atom stereocenters. The quantitative estimate of drug-likeness (QED) is 0.630. The molecule has 1 amide bonds. The summed E-state index contributed by atoms with van der Waals surface area (Å²) in [6, 6.07) is 10.9. The summed E-state index contributed by atoms with van der Waals surface area (Å²) < 4.78 is 41.7. The van der Waals surface area contributed by atoms with E-state index in [0.29, 0.717) is 37.4 Å². The second-order valence-electron chi connectivity index (χ2n) is 7.93. The summed E-state index contributed by atoms with van der Waals surface area (Å²) in [5.74, 6) is 0.00349. The van der Waals surface area contributed by atoms with Crippen LogP contribution in [0.2, 0.25) is 0 Å². The first kappa shape index (κ1) is 19.4. The molecule has 0 spiro atoms. The standard InChI is InChI=1S/C21H17F3N6O/c22-21(23,24)16-3-1-2-4-17(16)28-9-14-11-29(12-15(14)10-28)20(31)19-27-26-18-6-5-13(7-25)8-30(18)19/h1-6,8,14-15H,9-12H2/t14-,15+. The van der Waals surface area contributed by atoms with Crippen LogP contribution in [0.3, 0.4) is 0 Å². The topological polar surface area (TPSA) is 77.5 Å². The van der Waals surface area contributed by atoms with Crippen molar-refractivity contribution < 1.29 is 18.0 Å². The number of nitriles is 1. The van der Waals surface area contributed by atoms with Crippen LogP contribution in [0.1, 0.15) is 21.7 Å². The van der Waals surface area contributed by atoms with Gasteiger partial charge in [-0.25, -0.2) is 0 Å². The highest BCUT2D eigenvalue weighted by molar-refractivity contribution is 5.91. The molecule has 4 heterocycles. The van der Waals surface area contributed by atoms with Crippen LogP contribution in [0, 0.1) is 23.2 Å². The van der Waals surface area contributed by atoms with E-state index in [1.807, 2.05) is 6.07 Å². The summed E-state index contributed by atoms with van der Waals surface area (Å²) in [6.07, 6.45) is -2.89. The summed E-state index contributed by atoms with van der Waals surface area (Å²) in [6.45, 7) is 1.81. The molecule has 0 N–H and O–H groups in total. The van der Waals surface area contributed by atoms with Crippen LogP contribution in [0.15, 0.2) is 42.6 Å². The number of benzene rings is 1. The molecule has 10 heteroatoms. The number of amides is 1. The molecule has 0 saturated carbocycles. The Bertz CT molecular complexity index is 1200. The first-order chi connectivity index (χ1) is 14.8. The molecule has 2 saturated heterocycles. The highest BCUT2D eigenvalue weighted by Gasteiger charge is 2.44. The second-order valence-corrected chi connectivity index (χ2v) is 7.93. The summed E-state index contributed by atoms with van der Waals surface area (Å²) in [5.41, 5.74) is 0.413. The molecule has 2 aliphatic heterocycles. The summed E-state index contributed by atoms with van der Waals surface area (Å²) in [7, 11) is 0. The van der Waals surface area contributed by atoms with E-state index in [-0.39, 0.29) is 29.3 Å². The Morgan fingerprint density at radius 2 is 1.74 bits per heavy atom. The second kappa shape index (κ2) is 6.97. The van der Waals surface area contributed by atoms with Crippen molar-refractivity contribution in [2.24, 2.45) is 11.8 Å². The average Bonchev–Trinajstić information content (AvgIpc) is 3.45. The molecule has 5 rings (SSSR count). The van der Waals surface area contributed by atoms with Crippen LogP contribution in [0.25, 0.3) is 5.65 Å². The molecule has 2 aromatic heterocycles. The fraction of sp³-hybridized carbons (Fsp3) is 0.333. The Kier molecular flexibility index (Phi) is 4.36. The van der Waals surface area contributed by atoms with E-state index in [9.17, 15) is 18.0 Å². The number of halogens is 3. The monoisotopic (exact) mass is 426 g/mol. The van der Waals surface area contributed by atoms with E-state index < -0.39 is 11.7 Å². The van der Waals surface area contributed by atoms with E-state index in [2.05, 4.69) is 10.2 Å². The molecule has 2 aliphatic rings. The number of para-hydroxylation sites is 1. The smallest absolute Gasteiger partial charge is 0.370 e. The zero-order valence-electron chi connectivity index (χ0n) is 16.3. The Hall–Kier alpha value is -3.61. The van der Waals surface area contributed by atoms with Crippen LogP contribution in [0.4, 0.5) is 18.9 Å². The van der Waals surface area contributed by atoms with E-state index in [0.717, 1.165) is 6.07 Å². The van der Waals surface area contributed by atoms with Gasteiger partial charge in [0.1, 0.15) is 6.07 Å². The van der Waals surface area contributed by atoms with Gasteiger partial charge in [-0.15, -0.1) is 10.2 Å². The molecule has 1 aromatic carbocycles. The maximum Gasteiger partial charge on any atom is 0.418 e. The first-order valence-electron chi connectivity index (χ1n) is 9.80. The molecule has 0 aliphatic carbocycles. The van der Waals surface area contributed by atoms with Gasteiger partial charge in [0, 0.05) is 49.9 Å². The van der Waals surface area contributed by atoms with Crippen molar-refractivity contribution in [2.75, 3.05) is 31.1 Å². The van der Waals surface area contributed by atoms with Gasteiger partial charge in [-0.3, -0.25) is 9.20 Å². The van der Waals surface area contributed by atoms with Gasteiger partial charge < -0.3 is 9.80 Å². The van der Waals surface area contributed by atoms with Crippen molar-refractivity contribution in [1.29, 1.82) is 5.26 Å². The number of hydrogen-bond acceptors (Lipinski definition) is 5. The lowest BCUT2D eigenvalue weighted by Gasteiger charge is -2.25. The molecule has 31 heavy (non-hydrogen) atoms. The zero-order valence-corrected chi connectivity index (χ0v) is 16.3. The fourth-order valence-electron chi connectivity index (χ4n) is 4.59. The number of pyridine rings is 1. The van der Waals surface area contributed by atoms with Crippen molar-refractivity contribution in [2.45, 2.75) is 6.18 Å². The van der Waals surface area contributed by atoms with E-state index in [4.69, 9.17) is 5.26 Å². The minimum atomic E-state index is -4.41. The van der Waals surface area contributed by atoms with Crippen molar-refractivity contribution in [3.63, 3.8) is 0 Å². The summed E-state index contributed by atoms with van der Waals surface area (Å²) in [4.78, 5) is 16.5. The lowest BCUT2D eigenvalue weighted by atomic mass is 10.0. The number of aromatic nitrogens is 3. The Morgan fingerprint density at radius 3 is 2.42 bits per heavy atom. The Balaban J connectivity index is 1.33. The number of likely N-dealkylation sites (tertiary alicyclic amines) is 1. The molecule has 2 fully saturated rings. The lowest BCUT2D eigenvalue weighted by Crippen LogP contribution is -2.34. The predicted octanol–water partition coefficient (Wildman–Crippen LogP) is 2.83. The number of alkyl halides is 3. The zero-order chi connectivity index (χ0) is 21.8. The maximum absolute atomic E-state index is 13.4. The molecule has 0 radical (unpaired) electrons. The van der Waals surface area contributed by atoms with Gasteiger partial charge in [0.2, 0.25) is 5.82 Å². The SMILES string of the molecule is N#Cc1ccc2nnc(C(=O)N3C[C@@H]4CN(c5ccccc5C(F)(F)F)C[C@@H]4C3)n2c1. The molecule has 3 aromatic rings. The van der Waals surface area contributed by atoms with Crippen LogP contribution < -0.4 is 4.90 Å². The third kappa shape index (κ3) is 3.26. The normalized spacial score (nSPS) is 20.8. The minimum Gasteiger partial charge on any atom is -0.370 e. The highest BCUT2D eigenvalue weighted by atomic mass is 19.4. The molecule has 0 bridgehead atoms. The van der Waals surface area contributed by atoms with E-state index in [1.165, 1.54) is 22.7 Å². The van der Waals surface area contributed by atoms with Crippen LogP contribution in [-0.2, 0) is 6.18 Å². The van der Waals surface area contributed by atoms with Gasteiger partial charge in [-0.1, -0.05) is 12.1 Å². The average molecular weight is 426 g/mol. The number of rotatable bonds is 2. The number of carbonyl (C=O) groups excluding carboxylic acids is 1. The molecular formula is C21H17F3N6O. The largest absolute Gasteiger partial charge is 0.418 e. The van der Waals surface area contributed by atoms with Gasteiger partial charge in [-0.05, 0) is 24.3 Å². The molecular weight excluding hydrogens is 409 g/mol. The highest BCUT2D eigenvalue weighted by Crippen LogP contribution is 2.40. The third-order valence-corrected chi connectivity index (χ3v) is 6.05. The van der Waals surface area contributed by atoms with Crippen molar-refractivity contribution in [3.05, 3.63) is 59.5 Å². The van der Waals surface area contributed by atoms with Crippen molar-refractivity contribution >= 4 is 17.2 Å². The van der Waals surface area contributed by atoms with Crippen LogP contribution >= 0.6 is 0 Å². The fourth-order valence-corrected chi connectivity index (χ4v) is 4.59. The summed E-state index contributed by atoms with van der Waals surface area (Å²) >= 11 is 0. The van der Waals surface area contributed by atoms with Gasteiger partial charge in [0.25, 0.3) is 5.91 Å². The number of hydrogen-bond donors (Lipinski definition) is 0. The molecule has 7 nitrogen and oxygen atoms in total. The van der Waals surface area contributed by atoms with Gasteiger partial charge in [-0.2, -0.15) is 18.4 Å². The lowest BCUT2D eigenvalue weighted by molar-refractivity contribution is -0.137. The van der Waals surface area contributed by atoms with Crippen molar-refractivity contribution in [3.8, 4) is 6.07 Å².